The molecule has 0 spiro atoms. The molecule has 0 saturated carbocycles. The second-order valence-corrected chi connectivity index (χ2v) is 6.82. The van der Waals surface area contributed by atoms with E-state index < -0.39 is 0 Å². The number of amides is 1. The van der Waals surface area contributed by atoms with Gasteiger partial charge >= 0.3 is 0 Å². The van der Waals surface area contributed by atoms with Crippen LogP contribution in [0.3, 0.4) is 0 Å². The quantitative estimate of drug-likeness (QED) is 0.942. The van der Waals surface area contributed by atoms with Crippen molar-refractivity contribution in [1.82, 2.24) is 10.2 Å². The van der Waals surface area contributed by atoms with Crippen LogP contribution in [0.1, 0.15) is 28.1 Å². The van der Waals surface area contributed by atoms with E-state index in [1.54, 1.807) is 18.4 Å². The Bertz CT molecular complexity index is 695. The van der Waals surface area contributed by atoms with Gasteiger partial charge in [0.05, 0.1) is 12.0 Å². The molecule has 0 unspecified atom stereocenters. The van der Waals surface area contributed by atoms with Crippen molar-refractivity contribution >= 4 is 27.3 Å². The lowest BCUT2D eigenvalue weighted by Gasteiger charge is -2.24. The van der Waals surface area contributed by atoms with Crippen molar-refractivity contribution in [3.05, 3.63) is 28.6 Å². The molecule has 1 aliphatic heterocycles. The minimum atomic E-state index is 0.176. The summed E-state index contributed by atoms with van der Waals surface area (Å²) in [6.07, 6.45) is 2.18. The van der Waals surface area contributed by atoms with Crippen LogP contribution in [-0.2, 0) is 0 Å². The molecule has 3 rings (SSSR count). The van der Waals surface area contributed by atoms with Crippen molar-refractivity contribution in [1.29, 1.82) is 0 Å². The maximum atomic E-state index is 13.0. The highest BCUT2D eigenvalue weighted by Crippen LogP contribution is 2.35. The fourth-order valence-electron chi connectivity index (χ4n) is 3.21. The number of carbonyl (C=O) groups is 1. The van der Waals surface area contributed by atoms with Gasteiger partial charge < -0.3 is 15.0 Å². The third kappa shape index (κ3) is 2.59. The molecule has 1 aliphatic rings. The van der Waals surface area contributed by atoms with Gasteiger partial charge in [-0.05, 0) is 56.0 Å². The number of hydrogen-bond donors (Lipinski definition) is 1. The van der Waals surface area contributed by atoms with Gasteiger partial charge in [0.15, 0.2) is 0 Å². The molecule has 5 heteroatoms. The number of ether oxygens (including phenoxy) is 1. The molecule has 1 atom stereocenters. The minimum Gasteiger partial charge on any atom is -0.497 e. The Balaban J connectivity index is 1.95. The number of aryl methyl sites for hydroxylation is 1. The number of likely N-dealkylation sites (N-methyl/N-ethyl adjacent to an activating group) is 1. The molecule has 0 radical (unpaired) electrons. The van der Waals surface area contributed by atoms with Crippen LogP contribution >= 0.6 is 11.3 Å². The number of carbonyl (C=O) groups excluding carboxylic acids is 1. The van der Waals surface area contributed by atoms with E-state index in [0.717, 1.165) is 52.2 Å². The monoisotopic (exact) mass is 318 g/mol. The van der Waals surface area contributed by atoms with E-state index in [4.69, 9.17) is 4.74 Å². The number of nitrogens with one attached hydrogen (secondary N) is 1. The topological polar surface area (TPSA) is 41.6 Å². The molecular weight excluding hydrogens is 296 g/mol. The van der Waals surface area contributed by atoms with E-state index in [-0.39, 0.29) is 5.91 Å². The molecular formula is C17H22N2O2S. The standard InChI is InChI=1S/C17H22N2O2S/c1-11-14-9-13(21-3)6-7-15(14)22-16(11)17(20)19-8-4-5-12(19)10-18-2/h6-7,9,12,18H,4-5,8,10H2,1-3H3/t12-/m1/s1. The van der Waals surface area contributed by atoms with E-state index >= 15 is 0 Å². The second-order valence-electron chi connectivity index (χ2n) is 5.77. The average Bonchev–Trinajstić information content (AvgIpc) is 3.12. The fraction of sp³-hybridized carbons (Fsp3) is 0.471. The fourth-order valence-corrected chi connectivity index (χ4v) is 4.36. The Kier molecular flexibility index (Phi) is 4.36. The zero-order chi connectivity index (χ0) is 15.7. The van der Waals surface area contributed by atoms with Crippen LogP contribution in [0.15, 0.2) is 18.2 Å². The van der Waals surface area contributed by atoms with Gasteiger partial charge in [-0.2, -0.15) is 0 Å². The van der Waals surface area contributed by atoms with Gasteiger partial charge in [-0.1, -0.05) is 0 Å². The Hall–Kier alpha value is -1.59. The summed E-state index contributed by atoms with van der Waals surface area (Å²) in [6, 6.07) is 6.33. The highest BCUT2D eigenvalue weighted by atomic mass is 32.1. The van der Waals surface area contributed by atoms with Gasteiger partial charge in [-0.25, -0.2) is 0 Å². The number of likely N-dealkylation sites (tertiary alicyclic amines) is 1. The normalized spacial score (nSPS) is 18.1. The van der Waals surface area contributed by atoms with Gasteiger partial charge in [0.2, 0.25) is 0 Å². The van der Waals surface area contributed by atoms with Crippen LogP contribution in [0.4, 0.5) is 0 Å². The SMILES string of the molecule is CNC[C@H]1CCCN1C(=O)c1sc2ccc(OC)cc2c1C. The largest absolute Gasteiger partial charge is 0.497 e. The highest BCUT2D eigenvalue weighted by Gasteiger charge is 2.30. The number of nitrogens with zero attached hydrogens (tertiary/aromatic N) is 1. The zero-order valence-electron chi connectivity index (χ0n) is 13.3. The molecule has 1 aromatic carbocycles. The van der Waals surface area contributed by atoms with E-state index in [0.29, 0.717) is 6.04 Å². The molecule has 4 nitrogen and oxygen atoms in total. The van der Waals surface area contributed by atoms with E-state index in [1.165, 1.54) is 0 Å². The van der Waals surface area contributed by atoms with Crippen molar-refractivity contribution in [2.75, 3.05) is 27.2 Å². The van der Waals surface area contributed by atoms with Gasteiger partial charge in [-0.3, -0.25) is 4.79 Å². The average molecular weight is 318 g/mol. The maximum absolute atomic E-state index is 13.0. The molecule has 1 fully saturated rings. The summed E-state index contributed by atoms with van der Waals surface area (Å²) < 4.78 is 6.44. The Morgan fingerprint density at radius 1 is 1.50 bits per heavy atom. The van der Waals surface area contributed by atoms with Crippen LogP contribution in [0, 0.1) is 6.92 Å². The van der Waals surface area contributed by atoms with Crippen molar-refractivity contribution < 1.29 is 9.53 Å². The lowest BCUT2D eigenvalue weighted by Crippen LogP contribution is -2.40. The van der Waals surface area contributed by atoms with E-state index in [1.807, 2.05) is 37.1 Å². The summed E-state index contributed by atoms with van der Waals surface area (Å²) in [5.41, 5.74) is 1.07. The van der Waals surface area contributed by atoms with Gasteiger partial charge in [-0.15, -0.1) is 11.3 Å². The first-order valence-corrected chi connectivity index (χ1v) is 8.50. The van der Waals surface area contributed by atoms with Crippen molar-refractivity contribution in [3.63, 3.8) is 0 Å². The number of fused-ring (bicyclic) bond motifs is 1. The lowest BCUT2D eigenvalue weighted by atomic mass is 10.1. The van der Waals surface area contributed by atoms with Gasteiger partial charge in [0.1, 0.15) is 5.75 Å². The highest BCUT2D eigenvalue weighted by molar-refractivity contribution is 7.21. The van der Waals surface area contributed by atoms with Crippen LogP contribution < -0.4 is 10.1 Å². The molecule has 1 aromatic heterocycles. The Labute approximate surface area is 135 Å². The predicted molar refractivity (Wildman–Crippen MR) is 91.1 cm³/mol. The molecule has 22 heavy (non-hydrogen) atoms. The molecule has 2 aromatic rings. The summed E-state index contributed by atoms with van der Waals surface area (Å²) in [5.74, 6) is 1.01. The first-order valence-electron chi connectivity index (χ1n) is 7.68. The summed E-state index contributed by atoms with van der Waals surface area (Å²) in [4.78, 5) is 15.9. The van der Waals surface area contributed by atoms with Crippen LogP contribution in [-0.4, -0.2) is 44.1 Å². The predicted octanol–water partition coefficient (Wildman–Crippen LogP) is 3.04. The molecule has 118 valence electrons. The zero-order valence-corrected chi connectivity index (χ0v) is 14.1. The van der Waals surface area contributed by atoms with Crippen molar-refractivity contribution in [2.24, 2.45) is 0 Å². The number of methoxy groups -OCH3 is 1. The van der Waals surface area contributed by atoms with Gasteiger partial charge in [0, 0.05) is 23.8 Å². The molecule has 0 aliphatic carbocycles. The smallest absolute Gasteiger partial charge is 0.264 e. The number of hydrogen-bond acceptors (Lipinski definition) is 4. The Morgan fingerprint density at radius 3 is 3.05 bits per heavy atom. The molecule has 1 N–H and O–H groups in total. The van der Waals surface area contributed by atoms with Crippen molar-refractivity contribution in [2.45, 2.75) is 25.8 Å². The first kappa shape index (κ1) is 15.3. The van der Waals surface area contributed by atoms with E-state index in [9.17, 15) is 4.79 Å². The maximum Gasteiger partial charge on any atom is 0.264 e. The number of rotatable bonds is 4. The first-order chi connectivity index (χ1) is 10.7. The van der Waals surface area contributed by atoms with Crippen LogP contribution in [0.2, 0.25) is 0 Å². The number of benzene rings is 1. The molecule has 1 amide bonds. The minimum absolute atomic E-state index is 0.176. The summed E-state index contributed by atoms with van der Waals surface area (Å²) in [7, 11) is 3.61. The number of thiophene rings is 1. The lowest BCUT2D eigenvalue weighted by molar-refractivity contribution is 0.0741. The van der Waals surface area contributed by atoms with Crippen molar-refractivity contribution in [3.8, 4) is 5.75 Å². The third-order valence-corrected chi connectivity index (χ3v) is 5.68. The summed E-state index contributed by atoms with van der Waals surface area (Å²) in [5, 5.41) is 4.32. The van der Waals surface area contributed by atoms with Crippen LogP contribution in [0.25, 0.3) is 10.1 Å². The second kappa shape index (κ2) is 6.26. The van der Waals surface area contributed by atoms with E-state index in [2.05, 4.69) is 5.32 Å². The summed E-state index contributed by atoms with van der Waals surface area (Å²) in [6.45, 7) is 3.76. The summed E-state index contributed by atoms with van der Waals surface area (Å²) >= 11 is 1.59. The van der Waals surface area contributed by atoms with Gasteiger partial charge in [0.25, 0.3) is 5.91 Å². The molecule has 0 bridgehead atoms. The molecule has 1 saturated heterocycles. The third-order valence-electron chi connectivity index (χ3n) is 4.42. The Morgan fingerprint density at radius 2 is 2.32 bits per heavy atom. The molecule has 2 heterocycles. The van der Waals surface area contributed by atoms with Crippen LogP contribution in [0.5, 0.6) is 5.75 Å².